The van der Waals surface area contributed by atoms with E-state index in [1.54, 1.807) is 22.8 Å². The summed E-state index contributed by atoms with van der Waals surface area (Å²) in [7, 11) is -3.54. The van der Waals surface area contributed by atoms with Crippen molar-refractivity contribution in [2.24, 2.45) is 0 Å². The average Bonchev–Trinajstić information content (AvgIpc) is 3.01. The summed E-state index contributed by atoms with van der Waals surface area (Å²) in [5.41, 5.74) is 2.28. The van der Waals surface area contributed by atoms with Crippen molar-refractivity contribution in [3.8, 4) is 0 Å². The molecule has 1 fully saturated rings. The molecule has 3 rings (SSSR count). The van der Waals surface area contributed by atoms with Crippen LogP contribution in [0.2, 0.25) is 0 Å². The van der Waals surface area contributed by atoms with Gasteiger partial charge in [-0.05, 0) is 38.7 Å². The number of hydrogen-bond acceptors (Lipinski definition) is 4. The average molecular weight is 419 g/mol. The molecule has 1 aromatic heterocycles. The molecular weight excluding hydrogens is 388 g/mol. The van der Waals surface area contributed by atoms with Crippen LogP contribution < -0.4 is 5.32 Å². The first kappa shape index (κ1) is 21.5. The lowest BCUT2D eigenvalue weighted by atomic mass is 10.1. The fourth-order valence-electron chi connectivity index (χ4n) is 3.79. The maximum absolute atomic E-state index is 13.0. The number of carbonyl (C=O) groups excluding carboxylic acids is 1. The number of amides is 1. The van der Waals surface area contributed by atoms with Gasteiger partial charge in [0.1, 0.15) is 4.90 Å². The molecule has 0 saturated carbocycles. The van der Waals surface area contributed by atoms with E-state index >= 15 is 0 Å². The Kier molecular flexibility index (Phi) is 7.08. The number of piperidine rings is 1. The molecule has 1 aliphatic heterocycles. The van der Waals surface area contributed by atoms with E-state index in [1.807, 2.05) is 30.3 Å². The summed E-state index contributed by atoms with van der Waals surface area (Å²) in [6.07, 6.45) is 3.91. The van der Waals surface area contributed by atoms with Gasteiger partial charge in [-0.3, -0.25) is 9.48 Å². The zero-order chi connectivity index (χ0) is 20.9. The van der Waals surface area contributed by atoms with E-state index < -0.39 is 10.0 Å². The molecule has 0 bridgehead atoms. The lowest BCUT2D eigenvalue weighted by Crippen LogP contribution is -2.36. The minimum absolute atomic E-state index is 0.0612. The Labute approximate surface area is 173 Å². The first-order valence-corrected chi connectivity index (χ1v) is 11.7. The third kappa shape index (κ3) is 5.25. The van der Waals surface area contributed by atoms with E-state index in [0.29, 0.717) is 42.5 Å². The van der Waals surface area contributed by atoms with Crippen LogP contribution in [0.5, 0.6) is 0 Å². The van der Waals surface area contributed by atoms with Crippen LogP contribution in [-0.2, 0) is 27.8 Å². The zero-order valence-corrected chi connectivity index (χ0v) is 18.0. The predicted octanol–water partition coefficient (Wildman–Crippen LogP) is 2.42. The molecule has 1 saturated heterocycles. The van der Waals surface area contributed by atoms with Gasteiger partial charge in [0.05, 0.1) is 17.9 Å². The predicted molar refractivity (Wildman–Crippen MR) is 112 cm³/mol. The number of aromatic nitrogens is 2. The molecule has 8 heteroatoms. The second-order valence-corrected chi connectivity index (χ2v) is 9.40. The topological polar surface area (TPSA) is 84.3 Å². The van der Waals surface area contributed by atoms with Crippen molar-refractivity contribution in [3.05, 3.63) is 47.3 Å². The van der Waals surface area contributed by atoms with Crippen LogP contribution in [0.25, 0.3) is 0 Å². The van der Waals surface area contributed by atoms with Gasteiger partial charge >= 0.3 is 0 Å². The number of sulfonamides is 1. The molecule has 1 aliphatic rings. The molecule has 0 aliphatic carbocycles. The van der Waals surface area contributed by atoms with Crippen molar-refractivity contribution in [3.63, 3.8) is 0 Å². The van der Waals surface area contributed by atoms with Crippen LogP contribution in [0.4, 0.5) is 0 Å². The van der Waals surface area contributed by atoms with E-state index in [1.165, 1.54) is 5.56 Å². The largest absolute Gasteiger partial charge is 0.356 e. The molecule has 1 aromatic carbocycles. The zero-order valence-electron chi connectivity index (χ0n) is 17.2. The van der Waals surface area contributed by atoms with Crippen molar-refractivity contribution in [2.45, 2.75) is 57.4 Å². The quantitative estimate of drug-likeness (QED) is 0.714. The minimum Gasteiger partial charge on any atom is -0.356 e. The highest BCUT2D eigenvalue weighted by Crippen LogP contribution is 2.26. The summed E-state index contributed by atoms with van der Waals surface area (Å²) in [6, 6.07) is 10.00. The molecule has 0 radical (unpaired) electrons. The number of nitrogens with zero attached hydrogens (tertiary/aromatic N) is 3. The van der Waals surface area contributed by atoms with Gasteiger partial charge in [-0.2, -0.15) is 9.40 Å². The summed E-state index contributed by atoms with van der Waals surface area (Å²) in [5, 5.41) is 7.32. The van der Waals surface area contributed by atoms with Crippen LogP contribution in [-0.4, -0.2) is 48.0 Å². The first-order valence-electron chi connectivity index (χ1n) is 10.2. The van der Waals surface area contributed by atoms with E-state index in [2.05, 4.69) is 10.4 Å². The van der Waals surface area contributed by atoms with E-state index in [9.17, 15) is 13.2 Å². The fourth-order valence-corrected chi connectivity index (χ4v) is 5.68. The van der Waals surface area contributed by atoms with Crippen LogP contribution in [0.3, 0.4) is 0 Å². The van der Waals surface area contributed by atoms with E-state index in [0.717, 1.165) is 25.7 Å². The molecule has 7 nitrogen and oxygen atoms in total. The molecule has 1 amide bonds. The summed E-state index contributed by atoms with van der Waals surface area (Å²) in [5.74, 6) is -0.0612. The van der Waals surface area contributed by atoms with Gasteiger partial charge in [-0.15, -0.1) is 0 Å². The smallest absolute Gasteiger partial charge is 0.246 e. The van der Waals surface area contributed by atoms with Crippen molar-refractivity contribution < 1.29 is 13.2 Å². The van der Waals surface area contributed by atoms with E-state index in [4.69, 9.17) is 0 Å². The molecule has 29 heavy (non-hydrogen) atoms. The number of rotatable bonds is 8. The van der Waals surface area contributed by atoms with Crippen LogP contribution in [0.15, 0.2) is 35.2 Å². The highest BCUT2D eigenvalue weighted by atomic mass is 32.2. The van der Waals surface area contributed by atoms with Gasteiger partial charge in [0.15, 0.2) is 0 Å². The van der Waals surface area contributed by atoms with Gasteiger partial charge in [-0.1, -0.05) is 36.8 Å². The third-order valence-corrected chi connectivity index (χ3v) is 7.51. The third-order valence-electron chi connectivity index (χ3n) is 5.36. The Morgan fingerprint density at radius 1 is 1.10 bits per heavy atom. The Morgan fingerprint density at radius 2 is 1.79 bits per heavy atom. The van der Waals surface area contributed by atoms with Gasteiger partial charge in [0.25, 0.3) is 0 Å². The summed E-state index contributed by atoms with van der Waals surface area (Å²) in [4.78, 5) is 12.5. The second-order valence-electron chi connectivity index (χ2n) is 7.52. The van der Waals surface area contributed by atoms with Gasteiger partial charge < -0.3 is 5.32 Å². The molecule has 2 aromatic rings. The van der Waals surface area contributed by atoms with Crippen LogP contribution >= 0.6 is 0 Å². The van der Waals surface area contributed by atoms with Gasteiger partial charge in [0.2, 0.25) is 15.9 Å². The molecule has 1 N–H and O–H groups in total. The number of benzene rings is 1. The summed E-state index contributed by atoms with van der Waals surface area (Å²) < 4.78 is 29.3. The van der Waals surface area contributed by atoms with Crippen molar-refractivity contribution in [2.75, 3.05) is 19.6 Å². The lowest BCUT2D eigenvalue weighted by Gasteiger charge is -2.26. The van der Waals surface area contributed by atoms with Crippen molar-refractivity contribution in [1.29, 1.82) is 0 Å². The number of hydrogen-bond donors (Lipinski definition) is 1. The van der Waals surface area contributed by atoms with Gasteiger partial charge in [-0.25, -0.2) is 8.42 Å². The maximum Gasteiger partial charge on any atom is 0.246 e. The number of nitrogens with one attached hydrogen (secondary N) is 1. The highest BCUT2D eigenvalue weighted by Gasteiger charge is 2.31. The normalized spacial score (nSPS) is 15.4. The molecule has 0 atom stereocenters. The Morgan fingerprint density at radius 3 is 2.48 bits per heavy atom. The summed E-state index contributed by atoms with van der Waals surface area (Å²) in [6.45, 7) is 5.56. The maximum atomic E-state index is 13.0. The molecule has 158 valence electrons. The number of aryl methyl sites for hydroxylation is 2. The summed E-state index contributed by atoms with van der Waals surface area (Å²) >= 11 is 0. The lowest BCUT2D eigenvalue weighted by molar-refractivity contribution is -0.121. The standard InChI is InChI=1S/C21H30N4O3S/c1-17-21(29(27,28)24-14-7-4-8-15-24)18(2)25(23-17)16-12-20(26)22-13-11-19-9-5-3-6-10-19/h3,5-6,9-10H,4,7-8,11-16H2,1-2H3,(H,22,26). The molecule has 0 unspecified atom stereocenters. The van der Waals surface area contributed by atoms with Crippen molar-refractivity contribution >= 4 is 15.9 Å². The first-order chi connectivity index (χ1) is 13.9. The molecular formula is C21H30N4O3S. The minimum atomic E-state index is -3.54. The van der Waals surface area contributed by atoms with Crippen LogP contribution in [0.1, 0.15) is 42.6 Å². The fraction of sp³-hybridized carbons (Fsp3) is 0.524. The van der Waals surface area contributed by atoms with Gasteiger partial charge in [0, 0.05) is 26.1 Å². The Hall–Kier alpha value is -2.19. The number of carbonyl (C=O) groups is 1. The van der Waals surface area contributed by atoms with E-state index in [-0.39, 0.29) is 12.3 Å². The molecule has 0 spiro atoms. The second kappa shape index (κ2) is 9.54. The molecule has 2 heterocycles. The highest BCUT2D eigenvalue weighted by molar-refractivity contribution is 7.89. The Bertz CT molecular complexity index is 932. The Balaban J connectivity index is 1.57. The SMILES string of the molecule is Cc1nn(CCC(=O)NCCc2ccccc2)c(C)c1S(=O)(=O)N1CCCCC1. The van der Waals surface area contributed by atoms with Crippen LogP contribution in [0, 0.1) is 13.8 Å². The monoisotopic (exact) mass is 418 g/mol. The van der Waals surface area contributed by atoms with Crippen molar-refractivity contribution in [1.82, 2.24) is 19.4 Å².